The maximum Gasteiger partial charge on any atom is -0.0536 e. The molecule has 0 nitrogen and oxygen atoms in total. The highest BCUT2D eigenvalue weighted by Crippen LogP contribution is 1.95. The van der Waals surface area contributed by atoms with Crippen molar-refractivity contribution in [1.29, 1.82) is 0 Å². The number of allylic oxidation sites excluding steroid dienone is 4. The molecule has 0 fully saturated rings. The van der Waals surface area contributed by atoms with Crippen LogP contribution in [0.25, 0.3) is 0 Å². The van der Waals surface area contributed by atoms with E-state index in [0.717, 1.165) is 0 Å². The molecule has 0 aromatic rings. The molecule has 0 atom stereocenters. The van der Waals surface area contributed by atoms with Crippen molar-refractivity contribution in [2.75, 3.05) is 0 Å². The first-order chi connectivity index (χ1) is 5.83. The lowest BCUT2D eigenvalue weighted by Gasteiger charge is -1.86. The van der Waals surface area contributed by atoms with E-state index in [1.807, 2.05) is 12.2 Å². The zero-order chi connectivity index (χ0) is 9.66. The van der Waals surface area contributed by atoms with Crippen LogP contribution in [-0.4, -0.2) is 0 Å². The van der Waals surface area contributed by atoms with Crippen LogP contribution in [0.4, 0.5) is 0 Å². The van der Waals surface area contributed by atoms with Gasteiger partial charge >= 0.3 is 0 Å². The summed E-state index contributed by atoms with van der Waals surface area (Å²) in [6.45, 7) is 11.4. The third kappa shape index (κ3) is 22.9. The maximum absolute atomic E-state index is 3.46. The van der Waals surface area contributed by atoms with Crippen LogP contribution in [0, 0.1) is 0 Å². The van der Waals surface area contributed by atoms with Crippen LogP contribution in [0.2, 0.25) is 0 Å². The van der Waals surface area contributed by atoms with E-state index >= 15 is 0 Å². The topological polar surface area (TPSA) is 0 Å². The van der Waals surface area contributed by atoms with Crippen LogP contribution in [0.3, 0.4) is 0 Å². The molecule has 0 saturated heterocycles. The Morgan fingerprint density at radius 1 is 0.833 bits per heavy atom. The van der Waals surface area contributed by atoms with E-state index in [1.165, 1.54) is 25.7 Å². The first-order valence-electron chi connectivity index (χ1n) is 4.73. The molecule has 0 radical (unpaired) electrons. The molecular weight excluding hydrogens is 144 g/mol. The lowest BCUT2D eigenvalue weighted by molar-refractivity contribution is 0.702. The van der Waals surface area contributed by atoms with Gasteiger partial charge in [-0.2, -0.15) is 0 Å². The quantitative estimate of drug-likeness (QED) is 0.416. The van der Waals surface area contributed by atoms with Crippen molar-refractivity contribution in [3.63, 3.8) is 0 Å². The minimum absolute atomic E-state index is 1.36. The van der Waals surface area contributed by atoms with Crippen LogP contribution in [-0.2, 0) is 0 Å². The van der Waals surface area contributed by atoms with Gasteiger partial charge in [-0.1, -0.05) is 77.0 Å². The van der Waals surface area contributed by atoms with Crippen LogP contribution in [0.1, 0.15) is 39.5 Å². The highest BCUT2D eigenvalue weighted by molar-refractivity contribution is 5.05. The Balaban J connectivity index is 0. The molecule has 0 aromatic heterocycles. The summed E-state index contributed by atoms with van der Waals surface area (Å²) in [6, 6.07) is 0. The van der Waals surface area contributed by atoms with Crippen LogP contribution >= 0.6 is 0 Å². The van der Waals surface area contributed by atoms with E-state index < -0.39 is 0 Å². The number of unbranched alkanes of at least 4 members (excludes halogenated alkanes) is 3. The molecule has 0 saturated carbocycles. The second-order valence-electron chi connectivity index (χ2n) is 2.56. The zero-order valence-corrected chi connectivity index (χ0v) is 8.55. The molecule has 70 valence electrons. The predicted molar refractivity (Wildman–Crippen MR) is 59.4 cm³/mol. The van der Waals surface area contributed by atoms with Gasteiger partial charge in [-0.05, 0) is 0 Å². The summed E-state index contributed by atoms with van der Waals surface area (Å²) in [5, 5.41) is 0. The molecule has 0 N–H and O–H groups in total. The van der Waals surface area contributed by atoms with Gasteiger partial charge in [0.05, 0.1) is 0 Å². The molecule has 0 amide bonds. The monoisotopic (exact) mass is 166 g/mol. The summed E-state index contributed by atoms with van der Waals surface area (Å²) < 4.78 is 0. The Bertz CT molecular complexity index is 95.2. The summed E-state index contributed by atoms with van der Waals surface area (Å²) in [6.07, 6.45) is 12.6. The smallest absolute Gasteiger partial charge is 0.0536 e. The summed E-state index contributed by atoms with van der Waals surface area (Å²) in [7, 11) is 0. The average Bonchev–Trinajstić information content (AvgIpc) is 2.12. The van der Waals surface area contributed by atoms with Crippen molar-refractivity contribution in [3.8, 4) is 0 Å². The largest absolute Gasteiger partial charge is 0.0991 e. The molecule has 0 aromatic carbocycles. The maximum atomic E-state index is 3.46. The summed E-state index contributed by atoms with van der Waals surface area (Å²) >= 11 is 0. The first kappa shape index (κ1) is 13.8. The molecule has 12 heavy (non-hydrogen) atoms. The van der Waals surface area contributed by atoms with E-state index in [4.69, 9.17) is 0 Å². The van der Waals surface area contributed by atoms with Gasteiger partial charge in [0.25, 0.3) is 0 Å². The SMILES string of the molecule is C=C/C=C\C=C.CCCCCC. The Morgan fingerprint density at radius 2 is 1.17 bits per heavy atom. The molecule has 0 heteroatoms. The van der Waals surface area contributed by atoms with E-state index in [1.54, 1.807) is 12.2 Å². The second kappa shape index (κ2) is 16.7. The van der Waals surface area contributed by atoms with Crippen molar-refractivity contribution in [2.24, 2.45) is 0 Å². The Hall–Kier alpha value is -0.780. The Morgan fingerprint density at radius 3 is 1.33 bits per heavy atom. The minimum Gasteiger partial charge on any atom is -0.0991 e. The molecular formula is C12H22. The van der Waals surface area contributed by atoms with Crippen molar-refractivity contribution in [2.45, 2.75) is 39.5 Å². The second-order valence-corrected chi connectivity index (χ2v) is 2.56. The fourth-order valence-electron chi connectivity index (χ4n) is 0.657. The lowest BCUT2D eigenvalue weighted by Crippen LogP contribution is -1.66. The fraction of sp³-hybridized carbons (Fsp3) is 0.500. The van der Waals surface area contributed by atoms with Gasteiger partial charge in [-0.15, -0.1) is 0 Å². The highest BCUT2D eigenvalue weighted by atomic mass is 13.8. The highest BCUT2D eigenvalue weighted by Gasteiger charge is 1.75. The van der Waals surface area contributed by atoms with Gasteiger partial charge < -0.3 is 0 Å². The Kier molecular flexibility index (Phi) is 19.1. The van der Waals surface area contributed by atoms with Crippen molar-refractivity contribution in [1.82, 2.24) is 0 Å². The normalized spacial score (nSPS) is 8.83. The predicted octanol–water partition coefficient (Wildman–Crippen LogP) is 4.50. The van der Waals surface area contributed by atoms with E-state index in [2.05, 4.69) is 27.0 Å². The van der Waals surface area contributed by atoms with Crippen LogP contribution in [0.15, 0.2) is 37.5 Å². The van der Waals surface area contributed by atoms with Gasteiger partial charge in [0.15, 0.2) is 0 Å². The molecule has 0 unspecified atom stereocenters. The van der Waals surface area contributed by atoms with Gasteiger partial charge in [-0.3, -0.25) is 0 Å². The van der Waals surface area contributed by atoms with Crippen LogP contribution < -0.4 is 0 Å². The fourth-order valence-corrected chi connectivity index (χ4v) is 0.657. The zero-order valence-electron chi connectivity index (χ0n) is 8.55. The number of hydrogen-bond donors (Lipinski definition) is 0. The molecule has 0 spiro atoms. The van der Waals surface area contributed by atoms with Crippen molar-refractivity contribution < 1.29 is 0 Å². The molecule has 0 aliphatic rings. The summed E-state index contributed by atoms with van der Waals surface area (Å²) in [5.41, 5.74) is 0. The van der Waals surface area contributed by atoms with Gasteiger partial charge in [-0.25, -0.2) is 0 Å². The van der Waals surface area contributed by atoms with E-state index in [9.17, 15) is 0 Å². The molecule has 0 rings (SSSR count). The number of rotatable bonds is 5. The third-order valence-electron chi connectivity index (χ3n) is 1.34. The summed E-state index contributed by atoms with van der Waals surface area (Å²) in [4.78, 5) is 0. The third-order valence-corrected chi connectivity index (χ3v) is 1.34. The Labute approximate surface area is 77.7 Å². The van der Waals surface area contributed by atoms with Gasteiger partial charge in [0.1, 0.15) is 0 Å². The molecule has 0 heterocycles. The van der Waals surface area contributed by atoms with Crippen molar-refractivity contribution in [3.05, 3.63) is 37.5 Å². The number of hydrogen-bond acceptors (Lipinski definition) is 0. The van der Waals surface area contributed by atoms with Crippen molar-refractivity contribution >= 4 is 0 Å². The molecule has 0 aliphatic carbocycles. The standard InChI is InChI=1S/C6H14.C6H8/c2*1-3-5-6-4-2/h3-6H2,1-2H3;3-6H,1-2H2/b;6-5-. The van der Waals surface area contributed by atoms with E-state index in [0.29, 0.717) is 0 Å². The average molecular weight is 166 g/mol. The van der Waals surface area contributed by atoms with Gasteiger partial charge in [0.2, 0.25) is 0 Å². The lowest BCUT2D eigenvalue weighted by atomic mass is 10.2. The first-order valence-corrected chi connectivity index (χ1v) is 4.73. The molecule has 0 aliphatic heterocycles. The van der Waals surface area contributed by atoms with Crippen LogP contribution in [0.5, 0.6) is 0 Å². The van der Waals surface area contributed by atoms with E-state index in [-0.39, 0.29) is 0 Å². The molecule has 0 bridgehead atoms. The summed E-state index contributed by atoms with van der Waals surface area (Å²) in [5.74, 6) is 0. The minimum atomic E-state index is 1.36. The van der Waals surface area contributed by atoms with Gasteiger partial charge in [0, 0.05) is 0 Å².